The quantitative estimate of drug-likeness (QED) is 0.454. The Morgan fingerprint density at radius 2 is 1.69 bits per heavy atom. The summed E-state index contributed by atoms with van der Waals surface area (Å²) in [4.78, 5) is 12.2. The first-order chi connectivity index (χ1) is 7.75. The first-order valence-corrected chi connectivity index (χ1v) is 6.89. The molecule has 0 aliphatic heterocycles. The molecule has 1 aromatic heterocycles. The normalized spacial score (nSPS) is 11.1. The van der Waals surface area contributed by atoms with Gasteiger partial charge in [-0.2, -0.15) is 0 Å². The molecule has 0 amide bonds. The van der Waals surface area contributed by atoms with Crippen LogP contribution < -0.4 is 5.43 Å². The molecule has 0 saturated heterocycles. The van der Waals surface area contributed by atoms with E-state index in [0.717, 1.165) is 10.8 Å². The Labute approximate surface area is 99.1 Å². The Morgan fingerprint density at radius 1 is 0.938 bits per heavy atom. The van der Waals surface area contributed by atoms with Crippen LogP contribution >= 0.6 is 0 Å². The van der Waals surface area contributed by atoms with E-state index in [-0.39, 0.29) is 19.9 Å². The summed E-state index contributed by atoms with van der Waals surface area (Å²) in [6, 6.07) is 14.1. The van der Waals surface area contributed by atoms with Crippen molar-refractivity contribution in [3.63, 3.8) is 0 Å². The second-order valence-electron chi connectivity index (χ2n) is 3.93. The van der Waals surface area contributed by atoms with Crippen LogP contribution in [0.3, 0.4) is 0 Å². The molecule has 78 valence electrons. The van der Waals surface area contributed by atoms with Gasteiger partial charge in [0, 0.05) is 0 Å². The first-order valence-electron chi connectivity index (χ1n) is 5.18. The third-order valence-corrected chi connectivity index (χ3v) is 5.11. The molecule has 3 rings (SSSR count). The summed E-state index contributed by atoms with van der Waals surface area (Å²) in [7, 11) is 0. The van der Waals surface area contributed by atoms with Gasteiger partial charge in [-0.15, -0.1) is 0 Å². The number of benzene rings is 2. The summed E-state index contributed by atoms with van der Waals surface area (Å²) in [5.74, 6) is 0. The van der Waals surface area contributed by atoms with Crippen LogP contribution in [0.5, 0.6) is 0 Å². The predicted octanol–water partition coefficient (Wildman–Crippen LogP) is 2.72. The van der Waals surface area contributed by atoms with Crippen LogP contribution in [-0.2, 0) is 0 Å². The molecule has 0 radical (unpaired) electrons. The first kappa shape index (κ1) is 9.83. The minimum atomic E-state index is 0.179. The average molecular weight is 273 g/mol. The zero-order valence-corrected chi connectivity index (χ0v) is 10.6. The van der Waals surface area contributed by atoms with E-state index in [9.17, 15) is 4.79 Å². The Morgan fingerprint density at radius 3 is 2.56 bits per heavy atom. The van der Waals surface area contributed by atoms with Crippen LogP contribution in [0.2, 0.25) is 0 Å². The van der Waals surface area contributed by atoms with Gasteiger partial charge in [-0.1, -0.05) is 0 Å². The molecular formula is C14H10OSe. The summed E-state index contributed by atoms with van der Waals surface area (Å²) in [6.07, 6.45) is 0. The zero-order chi connectivity index (χ0) is 11.1. The molecule has 0 unspecified atom stereocenters. The van der Waals surface area contributed by atoms with Gasteiger partial charge >= 0.3 is 99.0 Å². The minimum absolute atomic E-state index is 0.179. The molecule has 2 heteroatoms. The van der Waals surface area contributed by atoms with Gasteiger partial charge in [-0.25, -0.2) is 0 Å². The van der Waals surface area contributed by atoms with Gasteiger partial charge < -0.3 is 0 Å². The van der Waals surface area contributed by atoms with E-state index in [4.69, 9.17) is 0 Å². The van der Waals surface area contributed by atoms with Crippen molar-refractivity contribution >= 4 is 33.8 Å². The average Bonchev–Trinajstić information content (AvgIpc) is 2.29. The second kappa shape index (κ2) is 3.58. The van der Waals surface area contributed by atoms with Crippen molar-refractivity contribution < 1.29 is 0 Å². The molecule has 2 aromatic carbocycles. The van der Waals surface area contributed by atoms with Crippen LogP contribution in [0, 0.1) is 6.92 Å². The summed E-state index contributed by atoms with van der Waals surface area (Å²) < 4.78 is 2.43. The van der Waals surface area contributed by atoms with Gasteiger partial charge in [0.1, 0.15) is 0 Å². The third kappa shape index (κ3) is 1.42. The van der Waals surface area contributed by atoms with Crippen molar-refractivity contribution in [3.05, 3.63) is 58.3 Å². The Balaban J connectivity index is 2.61. The second-order valence-corrected chi connectivity index (χ2v) is 6.20. The number of hydrogen-bond donors (Lipinski definition) is 0. The standard InChI is InChI=1S/C14H10OSe/c1-9-6-7-11-13(8-9)16-12-5-3-2-4-10(12)14(11)15/h2-8H,1H3. The number of fused-ring (bicyclic) bond motifs is 2. The van der Waals surface area contributed by atoms with Crippen LogP contribution in [0.15, 0.2) is 47.3 Å². The number of rotatable bonds is 0. The van der Waals surface area contributed by atoms with Gasteiger partial charge in [-0.3, -0.25) is 0 Å². The monoisotopic (exact) mass is 274 g/mol. The van der Waals surface area contributed by atoms with Gasteiger partial charge in [0.05, 0.1) is 0 Å². The van der Waals surface area contributed by atoms with Crippen LogP contribution in [0.25, 0.3) is 19.3 Å². The summed E-state index contributed by atoms with van der Waals surface area (Å²) >= 11 is 0.270. The van der Waals surface area contributed by atoms with Crippen molar-refractivity contribution in [1.82, 2.24) is 0 Å². The molecule has 0 aliphatic rings. The molecule has 16 heavy (non-hydrogen) atoms. The van der Waals surface area contributed by atoms with E-state index in [2.05, 4.69) is 19.1 Å². The Kier molecular flexibility index (Phi) is 2.20. The van der Waals surface area contributed by atoms with E-state index < -0.39 is 0 Å². The fourth-order valence-electron chi connectivity index (χ4n) is 1.91. The number of hydrogen-bond acceptors (Lipinski definition) is 1. The molecule has 0 bridgehead atoms. The molecular weight excluding hydrogens is 263 g/mol. The van der Waals surface area contributed by atoms with E-state index >= 15 is 0 Å². The molecule has 1 heterocycles. The third-order valence-electron chi connectivity index (χ3n) is 2.73. The van der Waals surface area contributed by atoms with Crippen molar-refractivity contribution in [2.45, 2.75) is 6.92 Å². The van der Waals surface area contributed by atoms with Crippen LogP contribution in [-0.4, -0.2) is 14.5 Å². The Hall–Kier alpha value is -1.37. The fourth-order valence-corrected chi connectivity index (χ4v) is 4.36. The zero-order valence-electron chi connectivity index (χ0n) is 8.86. The van der Waals surface area contributed by atoms with Crippen molar-refractivity contribution in [1.29, 1.82) is 0 Å². The summed E-state index contributed by atoms with van der Waals surface area (Å²) in [5.41, 5.74) is 1.41. The number of aryl methyl sites for hydroxylation is 1. The van der Waals surface area contributed by atoms with Gasteiger partial charge in [0.2, 0.25) is 0 Å². The maximum absolute atomic E-state index is 12.2. The van der Waals surface area contributed by atoms with Gasteiger partial charge in [0.15, 0.2) is 0 Å². The predicted molar refractivity (Wildman–Crippen MR) is 69.4 cm³/mol. The van der Waals surface area contributed by atoms with Gasteiger partial charge in [-0.05, 0) is 0 Å². The molecule has 1 nitrogen and oxygen atoms in total. The van der Waals surface area contributed by atoms with Crippen molar-refractivity contribution in [3.8, 4) is 0 Å². The molecule has 0 atom stereocenters. The van der Waals surface area contributed by atoms with Crippen LogP contribution in [0.4, 0.5) is 0 Å². The molecule has 0 saturated carbocycles. The fraction of sp³-hybridized carbons (Fsp3) is 0.0714. The summed E-state index contributed by atoms with van der Waals surface area (Å²) in [5, 5.41) is 1.78. The van der Waals surface area contributed by atoms with E-state index in [1.807, 2.05) is 30.3 Å². The van der Waals surface area contributed by atoms with Gasteiger partial charge in [0.25, 0.3) is 0 Å². The van der Waals surface area contributed by atoms with Crippen molar-refractivity contribution in [2.24, 2.45) is 0 Å². The molecule has 0 spiro atoms. The maximum atomic E-state index is 12.2. The van der Waals surface area contributed by atoms with E-state index in [0.29, 0.717) is 0 Å². The molecule has 0 aliphatic carbocycles. The molecule has 3 aromatic rings. The van der Waals surface area contributed by atoms with Crippen molar-refractivity contribution in [2.75, 3.05) is 0 Å². The summed E-state index contributed by atoms with van der Waals surface area (Å²) in [6.45, 7) is 2.07. The topological polar surface area (TPSA) is 17.1 Å². The SMILES string of the molecule is Cc1ccc2c(=O)c3ccccc3[se]c2c1. The van der Waals surface area contributed by atoms with Crippen LogP contribution in [0.1, 0.15) is 5.56 Å². The van der Waals surface area contributed by atoms with E-state index in [1.54, 1.807) is 0 Å². The van der Waals surface area contributed by atoms with E-state index in [1.165, 1.54) is 14.1 Å². The Bertz CT molecular complexity index is 740. The molecule has 0 N–H and O–H groups in total. The molecule has 0 fully saturated rings.